The summed E-state index contributed by atoms with van der Waals surface area (Å²) in [5.41, 5.74) is 1.25. The van der Waals surface area contributed by atoms with Crippen molar-refractivity contribution in [3.05, 3.63) is 39.2 Å². The molecule has 7 nitrogen and oxygen atoms in total. The molecule has 1 amide bonds. The second kappa shape index (κ2) is 8.04. The van der Waals surface area contributed by atoms with E-state index < -0.39 is 17.5 Å². The summed E-state index contributed by atoms with van der Waals surface area (Å²) in [5, 5.41) is 24.4. The van der Waals surface area contributed by atoms with E-state index in [4.69, 9.17) is 4.42 Å². The van der Waals surface area contributed by atoms with Crippen molar-refractivity contribution >= 4 is 22.8 Å². The number of rotatable bonds is 5. The van der Waals surface area contributed by atoms with Gasteiger partial charge in [0.05, 0.1) is 17.4 Å². The zero-order valence-electron chi connectivity index (χ0n) is 16.0. The summed E-state index contributed by atoms with van der Waals surface area (Å²) in [4.78, 5) is 35.6. The molecule has 0 unspecified atom stereocenters. The highest BCUT2D eigenvalue weighted by atomic mass is 16.4. The molecular weight excluding hydrogens is 362 g/mol. The number of amides is 1. The van der Waals surface area contributed by atoms with E-state index in [1.807, 2.05) is 0 Å². The van der Waals surface area contributed by atoms with Crippen molar-refractivity contribution in [2.45, 2.75) is 46.0 Å². The summed E-state index contributed by atoms with van der Waals surface area (Å²) in [6.45, 7) is 3.93. The van der Waals surface area contributed by atoms with Gasteiger partial charge < -0.3 is 24.7 Å². The number of benzene rings is 1. The third-order valence-electron chi connectivity index (χ3n) is 5.61. The zero-order valence-corrected chi connectivity index (χ0v) is 16.0. The van der Waals surface area contributed by atoms with Crippen LogP contribution in [0, 0.1) is 25.7 Å². The molecule has 0 bridgehead atoms. The minimum Gasteiger partial charge on any atom is -0.550 e. The van der Waals surface area contributed by atoms with E-state index in [1.165, 1.54) is 0 Å². The Kier molecular flexibility index (Phi) is 5.72. The van der Waals surface area contributed by atoms with Gasteiger partial charge in [-0.1, -0.05) is 0 Å². The average Bonchev–Trinajstić information content (AvgIpc) is 2.63. The maximum absolute atomic E-state index is 12.3. The Morgan fingerprint density at radius 3 is 2.54 bits per heavy atom. The summed E-state index contributed by atoms with van der Waals surface area (Å²) in [5.74, 6) is -1.46. The van der Waals surface area contributed by atoms with Crippen LogP contribution in [0.25, 0.3) is 11.0 Å². The van der Waals surface area contributed by atoms with Crippen molar-refractivity contribution < 1.29 is 24.2 Å². The minimum absolute atomic E-state index is 0.0163. The number of phenolic OH excluding ortho intramolecular Hbond substituents is 1. The molecule has 0 aliphatic heterocycles. The molecule has 28 heavy (non-hydrogen) atoms. The van der Waals surface area contributed by atoms with Crippen molar-refractivity contribution in [2.75, 3.05) is 6.54 Å². The number of carbonyl (C=O) groups excluding carboxylic acids is 2. The van der Waals surface area contributed by atoms with Gasteiger partial charge in [0.15, 0.2) is 0 Å². The lowest BCUT2D eigenvalue weighted by atomic mass is 9.82. The second-order valence-corrected chi connectivity index (χ2v) is 7.67. The van der Waals surface area contributed by atoms with Gasteiger partial charge >= 0.3 is 5.63 Å². The predicted molar refractivity (Wildman–Crippen MR) is 101 cm³/mol. The van der Waals surface area contributed by atoms with Crippen molar-refractivity contribution in [1.82, 2.24) is 5.32 Å². The molecule has 0 atom stereocenters. The van der Waals surface area contributed by atoms with Crippen LogP contribution in [0.1, 0.15) is 42.4 Å². The number of aryl methyl sites for hydroxylation is 2. The van der Waals surface area contributed by atoms with E-state index in [-0.39, 0.29) is 29.6 Å². The van der Waals surface area contributed by atoms with Gasteiger partial charge in [-0.3, -0.25) is 4.79 Å². The topological polar surface area (TPSA) is 120 Å². The third kappa shape index (κ3) is 4.18. The Bertz CT molecular complexity index is 969. The maximum atomic E-state index is 12.3. The molecule has 1 saturated carbocycles. The fourth-order valence-corrected chi connectivity index (χ4v) is 3.95. The lowest BCUT2D eigenvalue weighted by Gasteiger charge is -2.29. The molecule has 7 heteroatoms. The van der Waals surface area contributed by atoms with Crippen molar-refractivity contribution in [2.24, 2.45) is 11.8 Å². The van der Waals surface area contributed by atoms with E-state index in [2.05, 4.69) is 5.32 Å². The molecule has 0 spiro atoms. The van der Waals surface area contributed by atoms with Gasteiger partial charge in [-0.15, -0.1) is 0 Å². The molecule has 0 radical (unpaired) electrons. The van der Waals surface area contributed by atoms with Gasteiger partial charge in [0.1, 0.15) is 11.3 Å². The fraction of sp³-hybridized carbons (Fsp3) is 0.476. The van der Waals surface area contributed by atoms with Crippen LogP contribution >= 0.6 is 0 Å². The summed E-state index contributed by atoms with van der Waals surface area (Å²) in [6, 6.07) is 3.26. The number of phenols is 1. The van der Waals surface area contributed by atoms with E-state index in [1.54, 1.807) is 26.0 Å². The predicted octanol–water partition coefficient (Wildman–Crippen LogP) is 1.33. The number of hydrogen-bond acceptors (Lipinski definition) is 6. The van der Waals surface area contributed by atoms with Crippen molar-refractivity contribution in [1.29, 1.82) is 0 Å². The number of carboxylic acids is 1. The molecule has 1 aromatic heterocycles. The van der Waals surface area contributed by atoms with E-state index in [9.17, 15) is 24.6 Å². The quantitative estimate of drug-likeness (QED) is 0.748. The molecule has 3 rings (SSSR count). The molecule has 1 aliphatic rings. The SMILES string of the molecule is Cc1cc(O)c2c(C)c(CC(=O)NCC3CCC(C(=O)[O-])CC3)c(=O)oc2c1. The summed E-state index contributed by atoms with van der Waals surface area (Å²) >= 11 is 0. The number of aliphatic carboxylic acids is 1. The Labute approximate surface area is 162 Å². The Morgan fingerprint density at radius 1 is 1.21 bits per heavy atom. The summed E-state index contributed by atoms with van der Waals surface area (Å²) < 4.78 is 5.31. The first-order valence-electron chi connectivity index (χ1n) is 9.49. The van der Waals surface area contributed by atoms with Crippen LogP contribution in [-0.4, -0.2) is 23.5 Å². The molecular formula is C21H24NO6-. The van der Waals surface area contributed by atoms with Gasteiger partial charge in [0.2, 0.25) is 5.91 Å². The van der Waals surface area contributed by atoms with Crippen LogP contribution in [0.2, 0.25) is 0 Å². The number of nitrogens with one attached hydrogen (secondary N) is 1. The van der Waals surface area contributed by atoms with Crippen LogP contribution in [0.5, 0.6) is 5.75 Å². The highest BCUT2D eigenvalue weighted by Crippen LogP contribution is 2.30. The standard InChI is InChI=1S/C21H25NO6/c1-11-7-16(23)19-12(2)15(21(27)28-17(19)8-11)9-18(24)22-10-13-3-5-14(6-4-13)20(25)26/h7-8,13-14,23H,3-6,9-10H2,1-2H3,(H,22,24)(H,25,26)/p-1. The molecule has 1 aromatic carbocycles. The van der Waals surface area contributed by atoms with E-state index in [0.29, 0.717) is 35.9 Å². The minimum atomic E-state index is -1.00. The summed E-state index contributed by atoms with van der Waals surface area (Å²) in [6.07, 6.45) is 2.45. The zero-order chi connectivity index (χ0) is 20.4. The van der Waals surface area contributed by atoms with Gasteiger partial charge in [-0.05, 0) is 74.6 Å². The van der Waals surface area contributed by atoms with Crippen LogP contribution in [-0.2, 0) is 16.0 Å². The smallest absolute Gasteiger partial charge is 0.340 e. The third-order valence-corrected chi connectivity index (χ3v) is 5.61. The highest BCUT2D eigenvalue weighted by molar-refractivity contribution is 5.89. The molecule has 150 valence electrons. The number of hydrogen-bond donors (Lipinski definition) is 2. The molecule has 1 aliphatic carbocycles. The maximum Gasteiger partial charge on any atom is 0.340 e. The molecule has 1 fully saturated rings. The Hall–Kier alpha value is -2.83. The Morgan fingerprint density at radius 2 is 1.89 bits per heavy atom. The van der Waals surface area contributed by atoms with Crippen molar-refractivity contribution in [3.63, 3.8) is 0 Å². The number of aromatic hydroxyl groups is 1. The van der Waals surface area contributed by atoms with Gasteiger partial charge in [0, 0.05) is 12.5 Å². The number of carbonyl (C=O) groups is 2. The molecule has 1 heterocycles. The molecule has 2 N–H and O–H groups in total. The second-order valence-electron chi connectivity index (χ2n) is 7.67. The van der Waals surface area contributed by atoms with Crippen LogP contribution in [0.15, 0.2) is 21.3 Å². The van der Waals surface area contributed by atoms with E-state index in [0.717, 1.165) is 18.4 Å². The van der Waals surface area contributed by atoms with Crippen LogP contribution in [0.3, 0.4) is 0 Å². The van der Waals surface area contributed by atoms with Crippen molar-refractivity contribution in [3.8, 4) is 5.75 Å². The first kappa shape index (κ1) is 19.9. The summed E-state index contributed by atoms with van der Waals surface area (Å²) in [7, 11) is 0. The Balaban J connectivity index is 1.67. The lowest BCUT2D eigenvalue weighted by molar-refractivity contribution is -0.312. The number of fused-ring (bicyclic) bond motifs is 1. The monoisotopic (exact) mass is 386 g/mol. The van der Waals surface area contributed by atoms with Crippen LogP contribution < -0.4 is 16.0 Å². The highest BCUT2D eigenvalue weighted by Gasteiger charge is 2.23. The van der Waals surface area contributed by atoms with Gasteiger partial charge in [-0.2, -0.15) is 0 Å². The lowest BCUT2D eigenvalue weighted by Crippen LogP contribution is -2.37. The average molecular weight is 386 g/mol. The number of carboxylic acid groups (broad SMARTS) is 1. The fourth-order valence-electron chi connectivity index (χ4n) is 3.95. The van der Waals surface area contributed by atoms with Crippen LogP contribution in [0.4, 0.5) is 0 Å². The largest absolute Gasteiger partial charge is 0.550 e. The normalized spacial score (nSPS) is 19.5. The van der Waals surface area contributed by atoms with Gasteiger partial charge in [-0.25, -0.2) is 4.79 Å². The molecule has 0 saturated heterocycles. The first-order chi connectivity index (χ1) is 13.3. The first-order valence-corrected chi connectivity index (χ1v) is 9.49. The molecule has 2 aromatic rings. The van der Waals surface area contributed by atoms with Gasteiger partial charge in [0.25, 0.3) is 0 Å². The van der Waals surface area contributed by atoms with E-state index >= 15 is 0 Å².